The molecule has 0 saturated carbocycles. The minimum Gasteiger partial charge on any atom is -0.255 e. The van der Waals surface area contributed by atoms with Crippen LogP contribution in [0.25, 0.3) is 10.9 Å². The van der Waals surface area contributed by atoms with Gasteiger partial charge in [-0.1, -0.05) is 32.4 Å². The van der Waals surface area contributed by atoms with Crippen molar-refractivity contribution in [3.63, 3.8) is 0 Å². The fourth-order valence-corrected chi connectivity index (χ4v) is 2.34. The third-order valence-electron chi connectivity index (χ3n) is 2.53. The van der Waals surface area contributed by atoms with Gasteiger partial charge in [0.2, 0.25) is 0 Å². The molecule has 0 N–H and O–H groups in total. The van der Waals surface area contributed by atoms with Gasteiger partial charge in [0.1, 0.15) is 5.82 Å². The van der Waals surface area contributed by atoms with E-state index in [9.17, 15) is 4.39 Å². The first-order valence-electron chi connectivity index (χ1n) is 5.14. The first-order valence-corrected chi connectivity index (χ1v) is 5.51. The molecule has 0 bridgehead atoms. The van der Waals surface area contributed by atoms with Gasteiger partial charge in [-0.3, -0.25) is 4.98 Å². The highest BCUT2D eigenvalue weighted by atomic mass is 35.5. The van der Waals surface area contributed by atoms with Crippen LogP contribution in [0.3, 0.4) is 0 Å². The molecule has 3 heteroatoms. The molecule has 2 aromatic rings. The molecule has 1 aromatic carbocycles. The lowest BCUT2D eigenvalue weighted by molar-refractivity contribution is 0.595. The van der Waals surface area contributed by atoms with Gasteiger partial charge in [0.15, 0.2) is 0 Å². The normalized spacial score (nSPS) is 12.1. The zero-order chi connectivity index (χ0) is 11.9. The standard InChI is InChI=1S/C13H13ClFN/c1-13(2,3)12-9-5-4-8(15)6-11(9)16-7-10(12)14/h4-7H,1-3H3. The first-order chi connectivity index (χ1) is 7.39. The summed E-state index contributed by atoms with van der Waals surface area (Å²) in [6.07, 6.45) is 1.59. The van der Waals surface area contributed by atoms with E-state index in [0.717, 1.165) is 10.9 Å². The molecule has 0 fully saturated rings. The first kappa shape index (κ1) is 11.3. The van der Waals surface area contributed by atoms with E-state index in [1.54, 1.807) is 12.3 Å². The van der Waals surface area contributed by atoms with E-state index < -0.39 is 0 Å². The highest BCUT2D eigenvalue weighted by molar-refractivity contribution is 6.32. The van der Waals surface area contributed by atoms with Crippen LogP contribution in [0.1, 0.15) is 26.3 Å². The van der Waals surface area contributed by atoms with E-state index in [1.807, 2.05) is 0 Å². The molecule has 0 saturated heterocycles. The van der Waals surface area contributed by atoms with Crippen LogP contribution in [0.4, 0.5) is 4.39 Å². The van der Waals surface area contributed by atoms with Gasteiger partial charge in [0.25, 0.3) is 0 Å². The number of hydrogen-bond donors (Lipinski definition) is 0. The van der Waals surface area contributed by atoms with Crippen molar-refractivity contribution in [1.29, 1.82) is 0 Å². The molecule has 2 rings (SSSR count). The van der Waals surface area contributed by atoms with Crippen LogP contribution < -0.4 is 0 Å². The Morgan fingerprint density at radius 3 is 2.56 bits per heavy atom. The van der Waals surface area contributed by atoms with Crippen molar-refractivity contribution in [3.8, 4) is 0 Å². The Bertz CT molecular complexity index is 543. The average Bonchev–Trinajstić information content (AvgIpc) is 2.16. The highest BCUT2D eigenvalue weighted by Crippen LogP contribution is 2.34. The second kappa shape index (κ2) is 3.70. The molecule has 1 nitrogen and oxygen atoms in total. The molecule has 0 aliphatic carbocycles. The second-order valence-corrected chi connectivity index (χ2v) is 5.30. The quantitative estimate of drug-likeness (QED) is 0.665. The van der Waals surface area contributed by atoms with Gasteiger partial charge in [-0.15, -0.1) is 0 Å². The minimum atomic E-state index is -0.276. The maximum Gasteiger partial charge on any atom is 0.125 e. The van der Waals surface area contributed by atoms with E-state index in [0.29, 0.717) is 10.5 Å². The van der Waals surface area contributed by atoms with E-state index in [1.165, 1.54) is 12.1 Å². The maximum atomic E-state index is 13.1. The Labute approximate surface area is 99.3 Å². The van der Waals surface area contributed by atoms with Crippen LogP contribution in [0.15, 0.2) is 24.4 Å². The van der Waals surface area contributed by atoms with Crippen molar-refractivity contribution >= 4 is 22.5 Å². The van der Waals surface area contributed by atoms with Crippen LogP contribution in [-0.2, 0) is 5.41 Å². The van der Waals surface area contributed by atoms with Crippen LogP contribution in [0.5, 0.6) is 0 Å². The molecule has 1 heterocycles. The van der Waals surface area contributed by atoms with Crippen LogP contribution in [0, 0.1) is 5.82 Å². The summed E-state index contributed by atoms with van der Waals surface area (Å²) >= 11 is 6.17. The molecule has 0 radical (unpaired) electrons. The minimum absolute atomic E-state index is 0.0872. The Hall–Kier alpha value is -1.15. The van der Waals surface area contributed by atoms with E-state index in [2.05, 4.69) is 25.8 Å². The lowest BCUT2D eigenvalue weighted by Gasteiger charge is -2.22. The Morgan fingerprint density at radius 2 is 1.94 bits per heavy atom. The number of fused-ring (bicyclic) bond motifs is 1. The Balaban J connectivity index is 2.85. The zero-order valence-corrected chi connectivity index (χ0v) is 10.3. The number of halogens is 2. The molecular weight excluding hydrogens is 225 g/mol. The van der Waals surface area contributed by atoms with Crippen molar-refractivity contribution < 1.29 is 4.39 Å². The predicted octanol–water partition coefficient (Wildman–Crippen LogP) is 4.32. The summed E-state index contributed by atoms with van der Waals surface area (Å²) in [7, 11) is 0. The molecule has 0 aliphatic rings. The number of pyridine rings is 1. The SMILES string of the molecule is CC(C)(C)c1c(Cl)cnc2cc(F)ccc12. The van der Waals surface area contributed by atoms with E-state index in [4.69, 9.17) is 11.6 Å². The summed E-state index contributed by atoms with van der Waals surface area (Å²) in [5, 5.41) is 1.55. The smallest absolute Gasteiger partial charge is 0.125 e. The number of rotatable bonds is 0. The number of hydrogen-bond acceptors (Lipinski definition) is 1. The highest BCUT2D eigenvalue weighted by Gasteiger charge is 2.20. The van der Waals surface area contributed by atoms with Gasteiger partial charge in [-0.25, -0.2) is 4.39 Å². The molecule has 0 atom stereocenters. The van der Waals surface area contributed by atoms with Crippen molar-refractivity contribution in [2.45, 2.75) is 26.2 Å². The van der Waals surface area contributed by atoms with Crippen molar-refractivity contribution in [2.24, 2.45) is 0 Å². The zero-order valence-electron chi connectivity index (χ0n) is 9.51. The third-order valence-corrected chi connectivity index (χ3v) is 2.82. The van der Waals surface area contributed by atoms with Gasteiger partial charge in [0, 0.05) is 17.6 Å². The van der Waals surface area contributed by atoms with Crippen molar-refractivity contribution in [3.05, 3.63) is 40.8 Å². The number of benzene rings is 1. The fraction of sp³-hybridized carbons (Fsp3) is 0.308. The summed E-state index contributed by atoms with van der Waals surface area (Å²) in [4.78, 5) is 4.14. The van der Waals surface area contributed by atoms with E-state index in [-0.39, 0.29) is 11.2 Å². The average molecular weight is 238 g/mol. The van der Waals surface area contributed by atoms with Gasteiger partial charge in [-0.05, 0) is 23.1 Å². The third kappa shape index (κ3) is 1.90. The van der Waals surface area contributed by atoms with Crippen LogP contribution >= 0.6 is 11.6 Å². The van der Waals surface area contributed by atoms with Crippen LogP contribution in [-0.4, -0.2) is 4.98 Å². The summed E-state index contributed by atoms with van der Waals surface area (Å²) < 4.78 is 13.1. The molecule has 1 aromatic heterocycles. The largest absolute Gasteiger partial charge is 0.255 e. The molecule has 0 spiro atoms. The molecule has 0 unspecified atom stereocenters. The van der Waals surface area contributed by atoms with Crippen molar-refractivity contribution in [1.82, 2.24) is 4.98 Å². The molecule has 16 heavy (non-hydrogen) atoms. The molecular formula is C13H13ClFN. The van der Waals surface area contributed by atoms with Gasteiger partial charge in [0.05, 0.1) is 10.5 Å². The van der Waals surface area contributed by atoms with Gasteiger partial charge >= 0.3 is 0 Å². The van der Waals surface area contributed by atoms with Crippen molar-refractivity contribution in [2.75, 3.05) is 0 Å². The summed E-state index contributed by atoms with van der Waals surface area (Å²) in [6.45, 7) is 6.24. The predicted molar refractivity (Wildman–Crippen MR) is 65.4 cm³/mol. The maximum absolute atomic E-state index is 13.1. The summed E-state index contributed by atoms with van der Waals surface area (Å²) in [5.41, 5.74) is 1.57. The molecule has 84 valence electrons. The number of nitrogens with zero attached hydrogens (tertiary/aromatic N) is 1. The van der Waals surface area contributed by atoms with Gasteiger partial charge < -0.3 is 0 Å². The fourth-order valence-electron chi connectivity index (χ4n) is 1.90. The van der Waals surface area contributed by atoms with E-state index >= 15 is 0 Å². The molecule has 0 amide bonds. The Kier molecular flexibility index (Phi) is 2.62. The summed E-state index contributed by atoms with van der Waals surface area (Å²) in [6, 6.07) is 4.61. The lowest BCUT2D eigenvalue weighted by Crippen LogP contribution is -2.13. The monoisotopic (exact) mass is 237 g/mol. The Morgan fingerprint density at radius 1 is 1.25 bits per heavy atom. The lowest BCUT2D eigenvalue weighted by atomic mass is 9.85. The van der Waals surface area contributed by atoms with Gasteiger partial charge in [-0.2, -0.15) is 0 Å². The molecule has 0 aliphatic heterocycles. The number of aromatic nitrogens is 1. The summed E-state index contributed by atoms with van der Waals surface area (Å²) in [5.74, 6) is -0.276. The second-order valence-electron chi connectivity index (χ2n) is 4.89. The van der Waals surface area contributed by atoms with Crippen LogP contribution in [0.2, 0.25) is 5.02 Å². The topological polar surface area (TPSA) is 12.9 Å².